The molecule has 0 unspecified atom stereocenters. The van der Waals surface area contributed by atoms with E-state index in [0.29, 0.717) is 36.8 Å². The summed E-state index contributed by atoms with van der Waals surface area (Å²) in [4.78, 5) is 12.5. The highest BCUT2D eigenvalue weighted by atomic mass is 35.5. The molecule has 0 fully saturated rings. The van der Waals surface area contributed by atoms with Crippen molar-refractivity contribution in [3.63, 3.8) is 0 Å². The van der Waals surface area contributed by atoms with Crippen molar-refractivity contribution in [2.75, 3.05) is 34.4 Å². The third kappa shape index (κ3) is 5.41. The first-order valence-electron chi connectivity index (χ1n) is 8.29. The molecule has 25 heavy (non-hydrogen) atoms. The van der Waals surface area contributed by atoms with Crippen LogP contribution in [0.5, 0.6) is 17.2 Å². The molecule has 0 saturated heterocycles. The Kier molecular flexibility index (Phi) is 10.3. The summed E-state index contributed by atoms with van der Waals surface area (Å²) < 4.78 is 16.1. The van der Waals surface area contributed by atoms with Crippen LogP contribution in [0.25, 0.3) is 0 Å². The van der Waals surface area contributed by atoms with E-state index in [1.54, 1.807) is 21.3 Å². The molecule has 0 aliphatic carbocycles. The molecule has 0 aromatic heterocycles. The highest BCUT2D eigenvalue weighted by Crippen LogP contribution is 2.34. The van der Waals surface area contributed by atoms with Gasteiger partial charge in [-0.15, -0.1) is 12.4 Å². The summed E-state index contributed by atoms with van der Waals surface area (Å²) in [5, 5.41) is 2.99. The summed E-state index contributed by atoms with van der Waals surface area (Å²) in [6.07, 6.45) is 2.04. The lowest BCUT2D eigenvalue weighted by molar-refractivity contribution is -0.131. The summed E-state index contributed by atoms with van der Waals surface area (Å²) in [7, 11) is 4.80. The van der Waals surface area contributed by atoms with Crippen LogP contribution in [0, 0.1) is 5.41 Å². The zero-order chi connectivity index (χ0) is 18.2. The summed E-state index contributed by atoms with van der Waals surface area (Å²) >= 11 is 0. The van der Waals surface area contributed by atoms with Crippen LogP contribution in [-0.2, 0) is 11.2 Å². The van der Waals surface area contributed by atoms with Gasteiger partial charge in [0.25, 0.3) is 0 Å². The van der Waals surface area contributed by atoms with Crippen LogP contribution in [0.3, 0.4) is 0 Å². The van der Waals surface area contributed by atoms with E-state index in [1.165, 1.54) is 0 Å². The maximum absolute atomic E-state index is 12.5. The van der Waals surface area contributed by atoms with Gasteiger partial charge in [0, 0.05) is 30.8 Å². The van der Waals surface area contributed by atoms with Crippen LogP contribution in [0.4, 0.5) is 0 Å². The Labute approximate surface area is 156 Å². The quantitative estimate of drug-likeness (QED) is 0.657. The second-order valence-electron chi connectivity index (χ2n) is 5.71. The van der Waals surface area contributed by atoms with E-state index in [0.717, 1.165) is 18.4 Å². The highest BCUT2D eigenvalue weighted by molar-refractivity contribution is 5.85. The molecular formula is C18H31ClN2O4. The van der Waals surface area contributed by atoms with Gasteiger partial charge in [0.05, 0.1) is 26.7 Å². The summed E-state index contributed by atoms with van der Waals surface area (Å²) in [6.45, 7) is 4.82. The van der Waals surface area contributed by atoms with Crippen molar-refractivity contribution in [3.8, 4) is 17.2 Å². The van der Waals surface area contributed by atoms with Crippen molar-refractivity contribution in [3.05, 3.63) is 17.7 Å². The van der Waals surface area contributed by atoms with E-state index in [2.05, 4.69) is 5.32 Å². The molecule has 0 bridgehead atoms. The minimum Gasteiger partial charge on any atom is -0.496 e. The lowest BCUT2D eigenvalue weighted by Gasteiger charge is -2.28. The first-order chi connectivity index (χ1) is 11.5. The fourth-order valence-electron chi connectivity index (χ4n) is 2.77. The smallest absolute Gasteiger partial charge is 0.227 e. The fraction of sp³-hybridized carbons (Fsp3) is 0.611. The number of nitrogens with one attached hydrogen (secondary N) is 1. The molecule has 1 amide bonds. The number of halogens is 1. The number of hydrogen-bond acceptors (Lipinski definition) is 5. The van der Waals surface area contributed by atoms with E-state index in [4.69, 9.17) is 19.9 Å². The molecule has 0 atom stereocenters. The molecule has 144 valence electrons. The van der Waals surface area contributed by atoms with E-state index >= 15 is 0 Å². The van der Waals surface area contributed by atoms with Gasteiger partial charge in [-0.3, -0.25) is 4.79 Å². The van der Waals surface area contributed by atoms with Gasteiger partial charge < -0.3 is 25.3 Å². The van der Waals surface area contributed by atoms with E-state index in [9.17, 15) is 4.79 Å². The van der Waals surface area contributed by atoms with Crippen LogP contribution in [-0.4, -0.2) is 40.3 Å². The maximum atomic E-state index is 12.5. The molecule has 0 aliphatic rings. The zero-order valence-electron chi connectivity index (χ0n) is 15.8. The van der Waals surface area contributed by atoms with Gasteiger partial charge >= 0.3 is 0 Å². The monoisotopic (exact) mass is 374 g/mol. The molecule has 1 aromatic rings. The SMILES string of the molecule is CCC(CC)(CN)C(=O)NCCc1c(OC)cc(OC)cc1OC.Cl. The van der Waals surface area contributed by atoms with Crippen LogP contribution in [0.15, 0.2) is 12.1 Å². The fourth-order valence-corrected chi connectivity index (χ4v) is 2.77. The van der Waals surface area contributed by atoms with Crippen molar-refractivity contribution in [2.24, 2.45) is 11.1 Å². The van der Waals surface area contributed by atoms with Crippen LogP contribution >= 0.6 is 12.4 Å². The Balaban J connectivity index is 0.00000576. The second kappa shape index (κ2) is 11.1. The average Bonchev–Trinajstić information content (AvgIpc) is 2.63. The standard InChI is InChI=1S/C18H30N2O4.ClH/c1-6-18(7-2,12-19)17(21)20-9-8-14-15(23-4)10-13(22-3)11-16(14)24-5;/h10-11H,6-9,12,19H2,1-5H3,(H,20,21);1H. The molecule has 7 heteroatoms. The number of methoxy groups -OCH3 is 3. The number of hydrogen-bond donors (Lipinski definition) is 2. The number of nitrogens with two attached hydrogens (primary N) is 1. The number of ether oxygens (including phenoxy) is 3. The van der Waals surface area contributed by atoms with Gasteiger partial charge in [0.2, 0.25) is 5.91 Å². The molecule has 6 nitrogen and oxygen atoms in total. The zero-order valence-corrected chi connectivity index (χ0v) is 16.6. The number of carbonyl (C=O) groups excluding carboxylic acids is 1. The number of amides is 1. The minimum atomic E-state index is -0.492. The molecule has 3 N–H and O–H groups in total. The van der Waals surface area contributed by atoms with E-state index < -0.39 is 5.41 Å². The molecule has 0 saturated carbocycles. The van der Waals surface area contributed by atoms with Crippen LogP contribution in [0.2, 0.25) is 0 Å². The third-order valence-corrected chi connectivity index (χ3v) is 4.70. The molecule has 1 aromatic carbocycles. The number of carbonyl (C=O) groups is 1. The molecule has 0 radical (unpaired) electrons. The van der Waals surface area contributed by atoms with Crippen molar-refractivity contribution < 1.29 is 19.0 Å². The summed E-state index contributed by atoms with van der Waals surface area (Å²) in [5.41, 5.74) is 6.22. The first-order valence-corrected chi connectivity index (χ1v) is 8.29. The molecule has 0 aliphatic heterocycles. The molecule has 0 heterocycles. The Morgan fingerprint density at radius 2 is 1.60 bits per heavy atom. The van der Waals surface area contributed by atoms with Gasteiger partial charge in [0.15, 0.2) is 0 Å². The van der Waals surface area contributed by atoms with Crippen molar-refractivity contribution >= 4 is 18.3 Å². The molecular weight excluding hydrogens is 344 g/mol. The highest BCUT2D eigenvalue weighted by Gasteiger charge is 2.32. The Hall–Kier alpha value is -1.66. The Morgan fingerprint density at radius 1 is 1.08 bits per heavy atom. The van der Waals surface area contributed by atoms with Gasteiger partial charge in [-0.1, -0.05) is 13.8 Å². The van der Waals surface area contributed by atoms with Crippen LogP contribution in [0.1, 0.15) is 32.3 Å². The number of benzene rings is 1. The van der Waals surface area contributed by atoms with Gasteiger partial charge in [0.1, 0.15) is 17.2 Å². The summed E-state index contributed by atoms with van der Waals surface area (Å²) in [6, 6.07) is 3.61. The Morgan fingerprint density at radius 3 is 1.96 bits per heavy atom. The lowest BCUT2D eigenvalue weighted by Crippen LogP contribution is -2.45. The largest absolute Gasteiger partial charge is 0.496 e. The molecule has 0 spiro atoms. The Bertz CT molecular complexity index is 515. The minimum absolute atomic E-state index is 0. The van der Waals surface area contributed by atoms with Crippen molar-refractivity contribution in [2.45, 2.75) is 33.1 Å². The van der Waals surface area contributed by atoms with Crippen molar-refractivity contribution in [1.82, 2.24) is 5.32 Å². The lowest BCUT2D eigenvalue weighted by atomic mass is 9.81. The predicted molar refractivity (Wildman–Crippen MR) is 102 cm³/mol. The van der Waals surface area contributed by atoms with Crippen LogP contribution < -0.4 is 25.3 Å². The maximum Gasteiger partial charge on any atom is 0.227 e. The first kappa shape index (κ1) is 23.3. The molecule has 1 rings (SSSR count). The summed E-state index contributed by atoms with van der Waals surface area (Å²) in [5.74, 6) is 2.02. The normalized spacial score (nSPS) is 10.6. The van der Waals surface area contributed by atoms with Gasteiger partial charge in [-0.2, -0.15) is 0 Å². The van der Waals surface area contributed by atoms with Gasteiger partial charge in [-0.25, -0.2) is 0 Å². The second-order valence-corrected chi connectivity index (χ2v) is 5.71. The van der Waals surface area contributed by atoms with E-state index in [1.807, 2.05) is 26.0 Å². The number of rotatable bonds is 10. The average molecular weight is 375 g/mol. The topological polar surface area (TPSA) is 82.8 Å². The predicted octanol–water partition coefficient (Wildman–Crippen LogP) is 2.56. The van der Waals surface area contributed by atoms with Crippen molar-refractivity contribution in [1.29, 1.82) is 0 Å². The third-order valence-electron chi connectivity index (χ3n) is 4.70. The van der Waals surface area contributed by atoms with E-state index in [-0.39, 0.29) is 18.3 Å². The van der Waals surface area contributed by atoms with Gasteiger partial charge in [-0.05, 0) is 19.3 Å².